The van der Waals surface area contributed by atoms with Crippen LogP contribution in [0.3, 0.4) is 0 Å². The minimum absolute atomic E-state index is 0.103. The molecule has 2 aromatic carbocycles. The van der Waals surface area contributed by atoms with Gasteiger partial charge in [-0.25, -0.2) is 14.3 Å². The molecule has 0 atom stereocenters. The van der Waals surface area contributed by atoms with Gasteiger partial charge >= 0.3 is 6.09 Å². The summed E-state index contributed by atoms with van der Waals surface area (Å²) < 4.78 is 12.6. The Labute approximate surface area is 165 Å². The normalized spacial score (nSPS) is 11.5. The molecule has 1 heterocycles. The summed E-state index contributed by atoms with van der Waals surface area (Å²) in [5, 5.41) is 10.9. The van der Waals surface area contributed by atoms with Gasteiger partial charge in [0.05, 0.1) is 21.0 Å². The van der Waals surface area contributed by atoms with Crippen molar-refractivity contribution in [1.29, 1.82) is 0 Å². The summed E-state index contributed by atoms with van der Waals surface area (Å²) in [6.45, 7) is 7.05. The lowest BCUT2D eigenvalue weighted by molar-refractivity contribution is -0.384. The molecule has 0 saturated carbocycles. The second-order valence-corrected chi connectivity index (χ2v) is 7.51. The number of imidazole rings is 1. The molecular weight excluding hydrogens is 386 g/mol. The van der Waals surface area contributed by atoms with E-state index >= 15 is 0 Å². The van der Waals surface area contributed by atoms with E-state index in [0.29, 0.717) is 22.6 Å². The quantitative estimate of drug-likeness (QED) is 0.424. The van der Waals surface area contributed by atoms with Gasteiger partial charge in [0.2, 0.25) is 0 Å². The summed E-state index contributed by atoms with van der Waals surface area (Å²) in [5.41, 5.74) is 0.333. The molecule has 0 saturated heterocycles. The third-order valence-electron chi connectivity index (χ3n) is 3.72. The Morgan fingerprint density at radius 3 is 2.54 bits per heavy atom. The Kier molecular flexibility index (Phi) is 4.99. The van der Waals surface area contributed by atoms with Crippen LogP contribution in [-0.2, 0) is 4.74 Å². The standard InChI is InChI=1S/C19H18ClN3O5/c1-11-21-15-7-6-13(10-16(15)22(11)18(24)28-19(2,3)4)27-17-8-5-12(23(25)26)9-14(17)20/h5-10H,1-4H3. The van der Waals surface area contributed by atoms with Crippen LogP contribution in [-0.4, -0.2) is 26.2 Å². The summed E-state index contributed by atoms with van der Waals surface area (Å²) in [4.78, 5) is 27.2. The number of hydrogen-bond donors (Lipinski definition) is 0. The van der Waals surface area contributed by atoms with Crippen molar-refractivity contribution in [2.24, 2.45) is 0 Å². The fourth-order valence-electron chi connectivity index (χ4n) is 2.59. The molecule has 3 aromatic rings. The molecule has 0 amide bonds. The summed E-state index contributed by atoms with van der Waals surface area (Å²) in [6, 6.07) is 8.95. The van der Waals surface area contributed by atoms with Crippen LogP contribution in [0.2, 0.25) is 5.02 Å². The first-order valence-corrected chi connectivity index (χ1v) is 8.77. The number of non-ortho nitro benzene ring substituents is 1. The van der Waals surface area contributed by atoms with Crippen LogP contribution in [0.15, 0.2) is 36.4 Å². The molecule has 0 bridgehead atoms. The van der Waals surface area contributed by atoms with Crippen LogP contribution in [0, 0.1) is 17.0 Å². The lowest BCUT2D eigenvalue weighted by Crippen LogP contribution is -2.27. The van der Waals surface area contributed by atoms with Crippen molar-refractivity contribution in [3.8, 4) is 11.5 Å². The number of aromatic nitrogens is 2. The van der Waals surface area contributed by atoms with Crippen LogP contribution in [0.5, 0.6) is 11.5 Å². The Morgan fingerprint density at radius 1 is 1.21 bits per heavy atom. The fourth-order valence-corrected chi connectivity index (χ4v) is 2.80. The highest BCUT2D eigenvalue weighted by molar-refractivity contribution is 6.32. The van der Waals surface area contributed by atoms with Gasteiger partial charge in [-0.1, -0.05) is 11.6 Å². The third-order valence-corrected chi connectivity index (χ3v) is 4.02. The van der Waals surface area contributed by atoms with Crippen LogP contribution >= 0.6 is 11.6 Å². The van der Waals surface area contributed by atoms with Crippen molar-refractivity contribution < 1.29 is 19.2 Å². The van der Waals surface area contributed by atoms with E-state index in [4.69, 9.17) is 21.1 Å². The van der Waals surface area contributed by atoms with Gasteiger partial charge in [-0.15, -0.1) is 0 Å². The SMILES string of the molecule is Cc1nc2ccc(Oc3ccc([N+](=O)[O-])cc3Cl)cc2n1C(=O)OC(C)(C)C. The van der Waals surface area contributed by atoms with Crippen LogP contribution in [0.1, 0.15) is 26.6 Å². The van der Waals surface area contributed by atoms with E-state index < -0.39 is 16.6 Å². The summed E-state index contributed by atoms with van der Waals surface area (Å²) in [6.07, 6.45) is -0.544. The zero-order valence-electron chi connectivity index (χ0n) is 15.7. The minimum atomic E-state index is -0.652. The van der Waals surface area contributed by atoms with Crippen molar-refractivity contribution in [2.75, 3.05) is 0 Å². The van der Waals surface area contributed by atoms with E-state index in [2.05, 4.69) is 4.98 Å². The van der Waals surface area contributed by atoms with Gasteiger partial charge in [-0.3, -0.25) is 10.1 Å². The smallest absolute Gasteiger partial charge is 0.420 e. The third kappa shape index (κ3) is 4.07. The topological polar surface area (TPSA) is 96.5 Å². The average molecular weight is 404 g/mol. The second kappa shape index (κ2) is 7.12. The molecule has 8 nitrogen and oxygen atoms in total. The van der Waals surface area contributed by atoms with Crippen LogP contribution < -0.4 is 4.74 Å². The molecule has 28 heavy (non-hydrogen) atoms. The first-order valence-electron chi connectivity index (χ1n) is 8.39. The average Bonchev–Trinajstić information content (AvgIpc) is 2.90. The molecule has 0 radical (unpaired) electrons. The highest BCUT2D eigenvalue weighted by Gasteiger charge is 2.22. The Balaban J connectivity index is 1.97. The van der Waals surface area contributed by atoms with E-state index in [0.717, 1.165) is 0 Å². The van der Waals surface area contributed by atoms with Crippen molar-refractivity contribution in [1.82, 2.24) is 9.55 Å². The number of aryl methyl sites for hydroxylation is 1. The summed E-state index contributed by atoms with van der Waals surface area (Å²) in [5.74, 6) is 1.13. The van der Waals surface area contributed by atoms with Gasteiger partial charge in [-0.05, 0) is 45.9 Å². The van der Waals surface area contributed by atoms with Crippen molar-refractivity contribution in [3.05, 3.63) is 57.4 Å². The predicted molar refractivity (Wildman–Crippen MR) is 104 cm³/mol. The maximum atomic E-state index is 12.6. The molecule has 0 aliphatic heterocycles. The Morgan fingerprint density at radius 2 is 1.93 bits per heavy atom. The van der Waals surface area contributed by atoms with Gasteiger partial charge in [-0.2, -0.15) is 0 Å². The Hall–Kier alpha value is -3.13. The number of nitrogens with zero attached hydrogens (tertiary/aromatic N) is 3. The number of carbonyl (C=O) groups excluding carboxylic acids is 1. The van der Waals surface area contributed by atoms with Gasteiger partial charge in [0, 0.05) is 18.2 Å². The number of rotatable bonds is 3. The molecular formula is C19H18ClN3O5. The van der Waals surface area contributed by atoms with Crippen molar-refractivity contribution in [2.45, 2.75) is 33.3 Å². The molecule has 3 rings (SSSR count). The number of nitro groups is 1. The number of nitro benzene ring substituents is 1. The second-order valence-electron chi connectivity index (χ2n) is 7.10. The summed E-state index contributed by atoms with van der Waals surface area (Å²) in [7, 11) is 0. The summed E-state index contributed by atoms with van der Waals surface area (Å²) >= 11 is 6.08. The number of benzene rings is 2. The van der Waals surface area contributed by atoms with E-state index in [9.17, 15) is 14.9 Å². The molecule has 0 unspecified atom stereocenters. The lowest BCUT2D eigenvalue weighted by atomic mass is 10.2. The van der Waals surface area contributed by atoms with Gasteiger partial charge < -0.3 is 9.47 Å². The molecule has 0 spiro atoms. The highest BCUT2D eigenvalue weighted by Crippen LogP contribution is 2.33. The predicted octanol–water partition coefficient (Wildman–Crippen LogP) is 5.48. The molecule has 9 heteroatoms. The van der Waals surface area contributed by atoms with Crippen LogP contribution in [0.4, 0.5) is 10.5 Å². The van der Waals surface area contributed by atoms with Crippen LogP contribution in [0.25, 0.3) is 11.0 Å². The van der Waals surface area contributed by atoms with Gasteiger partial charge in [0.15, 0.2) is 0 Å². The maximum absolute atomic E-state index is 12.6. The van der Waals surface area contributed by atoms with Crippen molar-refractivity contribution in [3.63, 3.8) is 0 Å². The number of carbonyl (C=O) groups is 1. The largest absolute Gasteiger partial charge is 0.456 e. The number of halogens is 1. The zero-order chi connectivity index (χ0) is 20.6. The maximum Gasteiger partial charge on any atom is 0.420 e. The molecule has 0 N–H and O–H groups in total. The number of fused-ring (bicyclic) bond motifs is 1. The molecule has 0 aliphatic carbocycles. The Bertz CT molecular complexity index is 1090. The van der Waals surface area contributed by atoms with Gasteiger partial charge in [0.1, 0.15) is 22.9 Å². The zero-order valence-corrected chi connectivity index (χ0v) is 16.5. The monoisotopic (exact) mass is 403 g/mol. The fraction of sp³-hybridized carbons (Fsp3) is 0.263. The van der Waals surface area contributed by atoms with E-state index in [1.54, 1.807) is 45.9 Å². The number of hydrogen-bond acceptors (Lipinski definition) is 6. The molecule has 0 fully saturated rings. The van der Waals surface area contributed by atoms with E-state index in [1.165, 1.54) is 22.8 Å². The van der Waals surface area contributed by atoms with E-state index in [1.807, 2.05) is 0 Å². The minimum Gasteiger partial charge on any atom is -0.456 e. The van der Waals surface area contributed by atoms with Crippen molar-refractivity contribution >= 4 is 34.4 Å². The highest BCUT2D eigenvalue weighted by atomic mass is 35.5. The molecule has 0 aliphatic rings. The lowest BCUT2D eigenvalue weighted by Gasteiger charge is -2.20. The molecule has 146 valence electrons. The van der Waals surface area contributed by atoms with Gasteiger partial charge in [0.25, 0.3) is 5.69 Å². The van der Waals surface area contributed by atoms with E-state index in [-0.39, 0.29) is 16.5 Å². The number of ether oxygens (including phenoxy) is 2. The molecule has 1 aromatic heterocycles. The first kappa shape index (κ1) is 19.6. The first-order chi connectivity index (χ1) is 13.0.